The minimum absolute atomic E-state index is 0.106. The fourth-order valence-corrected chi connectivity index (χ4v) is 3.43. The molecule has 1 saturated heterocycles. The number of nitrogens with zero attached hydrogens (tertiary/aromatic N) is 5. The van der Waals surface area contributed by atoms with Crippen LogP contribution in [0.15, 0.2) is 60.9 Å². The summed E-state index contributed by atoms with van der Waals surface area (Å²) in [6, 6.07) is 17.8. The Kier molecular flexibility index (Phi) is 5.72. The first kappa shape index (κ1) is 18.3. The fraction of sp³-hybridized carbons (Fsp3) is 0.333. The minimum Gasteiger partial charge on any atom is -0.376 e. The van der Waals surface area contributed by atoms with Gasteiger partial charge in [-0.15, -0.1) is 5.10 Å². The summed E-state index contributed by atoms with van der Waals surface area (Å²) in [5.41, 5.74) is 2.96. The molecule has 1 fully saturated rings. The van der Waals surface area contributed by atoms with Gasteiger partial charge in [0.25, 0.3) is 0 Å². The van der Waals surface area contributed by atoms with E-state index in [0.717, 1.165) is 36.3 Å². The third kappa shape index (κ3) is 4.61. The number of carbonyl (C=O) groups excluding carboxylic acids is 1. The number of benzene rings is 2. The predicted molar refractivity (Wildman–Crippen MR) is 104 cm³/mol. The average Bonchev–Trinajstić information content (AvgIpc) is 3.43. The first-order valence-electron chi connectivity index (χ1n) is 9.53. The van der Waals surface area contributed by atoms with Gasteiger partial charge < -0.3 is 9.64 Å². The minimum atomic E-state index is 0.106. The van der Waals surface area contributed by atoms with Crippen LogP contribution in [0.1, 0.15) is 24.0 Å². The van der Waals surface area contributed by atoms with Gasteiger partial charge in [0.1, 0.15) is 6.33 Å². The number of hydrogen-bond donors (Lipinski definition) is 0. The third-order valence-corrected chi connectivity index (χ3v) is 4.92. The third-order valence-electron chi connectivity index (χ3n) is 4.92. The van der Waals surface area contributed by atoms with Crippen molar-refractivity contribution in [1.82, 2.24) is 25.1 Å². The van der Waals surface area contributed by atoms with Gasteiger partial charge in [-0.3, -0.25) is 4.79 Å². The van der Waals surface area contributed by atoms with E-state index in [1.807, 2.05) is 47.4 Å². The number of tetrazole rings is 1. The quantitative estimate of drug-likeness (QED) is 0.632. The molecule has 1 aliphatic rings. The number of carbonyl (C=O) groups is 1. The topological polar surface area (TPSA) is 73.1 Å². The van der Waals surface area contributed by atoms with Crippen LogP contribution in [-0.4, -0.2) is 50.3 Å². The summed E-state index contributed by atoms with van der Waals surface area (Å²) in [6.45, 7) is 2.02. The lowest BCUT2D eigenvalue weighted by Gasteiger charge is -2.26. The molecule has 1 atom stereocenters. The van der Waals surface area contributed by atoms with Gasteiger partial charge in [0.15, 0.2) is 0 Å². The van der Waals surface area contributed by atoms with Crippen molar-refractivity contribution in [2.24, 2.45) is 0 Å². The van der Waals surface area contributed by atoms with E-state index in [9.17, 15) is 4.79 Å². The molecule has 1 aromatic heterocycles. The summed E-state index contributed by atoms with van der Waals surface area (Å²) in [6.07, 6.45) is 4.11. The number of amides is 1. The number of rotatable bonds is 7. The average molecular weight is 377 g/mol. The molecule has 0 radical (unpaired) electrons. The summed E-state index contributed by atoms with van der Waals surface area (Å²) in [5, 5.41) is 11.2. The highest BCUT2D eigenvalue weighted by molar-refractivity contribution is 5.79. The lowest BCUT2D eigenvalue weighted by atomic mass is 10.1. The summed E-state index contributed by atoms with van der Waals surface area (Å²) >= 11 is 0. The van der Waals surface area contributed by atoms with Crippen LogP contribution in [0, 0.1) is 0 Å². The van der Waals surface area contributed by atoms with Crippen molar-refractivity contribution in [3.63, 3.8) is 0 Å². The van der Waals surface area contributed by atoms with E-state index in [1.54, 1.807) is 11.0 Å². The smallest absolute Gasteiger partial charge is 0.227 e. The van der Waals surface area contributed by atoms with Crippen LogP contribution in [-0.2, 0) is 22.5 Å². The first-order valence-corrected chi connectivity index (χ1v) is 9.53. The maximum Gasteiger partial charge on any atom is 0.227 e. The van der Waals surface area contributed by atoms with Crippen LogP contribution in [0.3, 0.4) is 0 Å². The van der Waals surface area contributed by atoms with E-state index < -0.39 is 0 Å². The Balaban J connectivity index is 1.44. The van der Waals surface area contributed by atoms with Crippen LogP contribution >= 0.6 is 0 Å². The SMILES string of the molecule is O=C(Cc1ccc(-n2cnnn2)cc1)N(Cc1ccccc1)C[C@H]1CCCO1. The van der Waals surface area contributed by atoms with Gasteiger partial charge >= 0.3 is 0 Å². The Hall–Kier alpha value is -3.06. The maximum absolute atomic E-state index is 13.1. The van der Waals surface area contributed by atoms with Crippen LogP contribution < -0.4 is 0 Å². The van der Waals surface area contributed by atoms with Crippen molar-refractivity contribution in [3.8, 4) is 5.69 Å². The van der Waals surface area contributed by atoms with Gasteiger partial charge in [-0.25, -0.2) is 4.68 Å². The number of ether oxygens (including phenoxy) is 1. The van der Waals surface area contributed by atoms with E-state index in [1.165, 1.54) is 0 Å². The molecule has 0 saturated carbocycles. The maximum atomic E-state index is 13.1. The van der Waals surface area contributed by atoms with Gasteiger partial charge in [-0.05, 0) is 46.5 Å². The molecule has 0 bridgehead atoms. The highest BCUT2D eigenvalue weighted by Gasteiger charge is 2.23. The summed E-state index contributed by atoms with van der Waals surface area (Å²) < 4.78 is 7.35. The highest BCUT2D eigenvalue weighted by atomic mass is 16.5. The Labute approximate surface area is 163 Å². The van der Waals surface area contributed by atoms with Crippen LogP contribution in [0.25, 0.3) is 5.69 Å². The molecule has 144 valence electrons. The van der Waals surface area contributed by atoms with Crippen LogP contribution in [0.2, 0.25) is 0 Å². The van der Waals surface area contributed by atoms with Gasteiger partial charge in [-0.2, -0.15) is 0 Å². The lowest BCUT2D eigenvalue weighted by molar-refractivity contribution is -0.132. The zero-order valence-corrected chi connectivity index (χ0v) is 15.6. The Morgan fingerprint density at radius 1 is 1.11 bits per heavy atom. The van der Waals surface area contributed by atoms with Crippen LogP contribution in [0.4, 0.5) is 0 Å². The van der Waals surface area contributed by atoms with Crippen molar-refractivity contribution in [3.05, 3.63) is 72.1 Å². The molecule has 2 heterocycles. The van der Waals surface area contributed by atoms with Gasteiger partial charge in [-0.1, -0.05) is 42.5 Å². The summed E-state index contributed by atoms with van der Waals surface area (Å²) in [7, 11) is 0. The zero-order chi connectivity index (χ0) is 19.2. The second-order valence-corrected chi connectivity index (χ2v) is 6.99. The van der Waals surface area contributed by atoms with Crippen molar-refractivity contribution in [2.75, 3.05) is 13.2 Å². The van der Waals surface area contributed by atoms with E-state index in [0.29, 0.717) is 19.5 Å². The Morgan fingerprint density at radius 2 is 1.93 bits per heavy atom. The van der Waals surface area contributed by atoms with Crippen molar-refractivity contribution < 1.29 is 9.53 Å². The second kappa shape index (κ2) is 8.75. The number of hydrogen-bond acceptors (Lipinski definition) is 5. The Bertz CT molecular complexity index is 875. The standard InChI is InChI=1S/C21H23N5O2/c27-21(13-17-8-10-19(11-9-17)26-16-22-23-24-26)25(15-20-7-4-12-28-20)14-18-5-2-1-3-6-18/h1-3,5-6,8-11,16,20H,4,7,12-15H2/t20-/m1/s1. The van der Waals surface area contributed by atoms with E-state index in [4.69, 9.17) is 4.74 Å². The molecule has 4 rings (SSSR count). The summed E-state index contributed by atoms with van der Waals surface area (Å²) in [5.74, 6) is 0.106. The van der Waals surface area contributed by atoms with E-state index in [2.05, 4.69) is 27.7 Å². The molecule has 0 spiro atoms. The molecule has 0 unspecified atom stereocenters. The van der Waals surface area contributed by atoms with Crippen LogP contribution in [0.5, 0.6) is 0 Å². The second-order valence-electron chi connectivity index (χ2n) is 6.99. The molecule has 7 heteroatoms. The first-order chi connectivity index (χ1) is 13.8. The largest absolute Gasteiger partial charge is 0.376 e. The van der Waals surface area contributed by atoms with Gasteiger partial charge in [0.05, 0.1) is 18.2 Å². The number of aromatic nitrogens is 4. The predicted octanol–water partition coefficient (Wildman–Crippen LogP) is 2.41. The van der Waals surface area contributed by atoms with Crippen molar-refractivity contribution in [2.45, 2.75) is 31.9 Å². The van der Waals surface area contributed by atoms with Crippen molar-refractivity contribution >= 4 is 5.91 Å². The highest BCUT2D eigenvalue weighted by Crippen LogP contribution is 2.17. The monoisotopic (exact) mass is 377 g/mol. The van der Waals surface area contributed by atoms with Gasteiger partial charge in [0.2, 0.25) is 5.91 Å². The molecular weight excluding hydrogens is 354 g/mol. The molecule has 3 aromatic rings. The molecule has 0 N–H and O–H groups in total. The molecular formula is C21H23N5O2. The molecule has 1 amide bonds. The van der Waals surface area contributed by atoms with E-state index in [-0.39, 0.29) is 12.0 Å². The summed E-state index contributed by atoms with van der Waals surface area (Å²) in [4.78, 5) is 15.0. The Morgan fingerprint density at radius 3 is 2.61 bits per heavy atom. The lowest BCUT2D eigenvalue weighted by Crippen LogP contribution is -2.37. The molecule has 0 aliphatic carbocycles. The zero-order valence-electron chi connectivity index (χ0n) is 15.6. The fourth-order valence-electron chi connectivity index (χ4n) is 3.43. The van der Waals surface area contributed by atoms with E-state index >= 15 is 0 Å². The van der Waals surface area contributed by atoms with Crippen molar-refractivity contribution in [1.29, 1.82) is 0 Å². The normalized spacial score (nSPS) is 16.2. The molecule has 1 aliphatic heterocycles. The molecule has 28 heavy (non-hydrogen) atoms. The van der Waals surface area contributed by atoms with Gasteiger partial charge in [0, 0.05) is 19.7 Å². The molecule has 7 nitrogen and oxygen atoms in total. The molecule has 2 aromatic carbocycles.